The molecule has 0 atom stereocenters. The van der Waals surface area contributed by atoms with Gasteiger partial charge in [-0.2, -0.15) is 0 Å². The Labute approximate surface area is 111 Å². The second-order valence-corrected chi connectivity index (χ2v) is 4.03. The molecular formula is C12H6N4O4. The lowest BCUT2D eigenvalue weighted by Crippen LogP contribution is -1.96. The van der Waals surface area contributed by atoms with Crippen LogP contribution < -0.4 is 0 Å². The van der Waals surface area contributed by atoms with Crippen LogP contribution in [-0.2, 0) is 0 Å². The fraction of sp³-hybridized carbons (Fsp3) is 0. The van der Waals surface area contributed by atoms with Crippen molar-refractivity contribution in [2.45, 2.75) is 0 Å². The van der Waals surface area contributed by atoms with Crippen molar-refractivity contribution in [2.75, 3.05) is 0 Å². The lowest BCUT2D eigenvalue weighted by atomic mass is 10.2. The van der Waals surface area contributed by atoms with E-state index in [9.17, 15) is 20.2 Å². The summed E-state index contributed by atoms with van der Waals surface area (Å²) in [6.07, 6.45) is 0. The Bertz CT molecular complexity index is 804. The van der Waals surface area contributed by atoms with E-state index in [-0.39, 0.29) is 33.4 Å². The van der Waals surface area contributed by atoms with Crippen molar-refractivity contribution in [2.24, 2.45) is 0 Å². The molecule has 3 aromatic rings. The van der Waals surface area contributed by atoms with Gasteiger partial charge in [0.15, 0.2) is 11.0 Å². The molecule has 8 heteroatoms. The van der Waals surface area contributed by atoms with Crippen LogP contribution in [0.25, 0.3) is 22.1 Å². The quantitative estimate of drug-likeness (QED) is 0.402. The van der Waals surface area contributed by atoms with E-state index in [0.717, 1.165) is 0 Å². The number of nitro groups is 2. The average Bonchev–Trinajstić information content (AvgIpc) is 2.43. The van der Waals surface area contributed by atoms with Crippen LogP contribution in [0.4, 0.5) is 11.4 Å². The SMILES string of the molecule is O=[N+]([O-])c1cccc2nc3c([N+](=O)[O-])cccc3nc12. The molecule has 0 amide bonds. The van der Waals surface area contributed by atoms with Crippen molar-refractivity contribution in [1.29, 1.82) is 0 Å². The van der Waals surface area contributed by atoms with Gasteiger partial charge in [-0.3, -0.25) is 20.2 Å². The number of hydrogen-bond acceptors (Lipinski definition) is 6. The molecule has 0 N–H and O–H groups in total. The summed E-state index contributed by atoms with van der Waals surface area (Å²) in [6.45, 7) is 0. The maximum atomic E-state index is 11.0. The van der Waals surface area contributed by atoms with E-state index in [1.54, 1.807) is 0 Å². The Morgan fingerprint density at radius 1 is 0.750 bits per heavy atom. The average molecular weight is 270 g/mol. The molecule has 0 spiro atoms. The first-order chi connectivity index (χ1) is 9.58. The lowest BCUT2D eigenvalue weighted by Gasteiger charge is -2.02. The number of hydrogen-bond donors (Lipinski definition) is 0. The number of aromatic nitrogens is 2. The lowest BCUT2D eigenvalue weighted by molar-refractivity contribution is -0.383. The minimum Gasteiger partial charge on any atom is -0.258 e. The van der Waals surface area contributed by atoms with E-state index in [2.05, 4.69) is 9.97 Å². The summed E-state index contributed by atoms with van der Waals surface area (Å²) in [7, 11) is 0. The Kier molecular flexibility index (Phi) is 2.50. The van der Waals surface area contributed by atoms with Gasteiger partial charge in [0.05, 0.1) is 20.9 Å². The smallest absolute Gasteiger partial charge is 0.258 e. The normalized spacial score (nSPS) is 10.8. The predicted octanol–water partition coefficient (Wildman–Crippen LogP) is 2.60. The molecule has 98 valence electrons. The molecule has 8 nitrogen and oxygen atoms in total. The first-order valence-electron chi connectivity index (χ1n) is 5.56. The Balaban J connectivity index is 2.46. The summed E-state index contributed by atoms with van der Waals surface area (Å²) >= 11 is 0. The molecule has 0 unspecified atom stereocenters. The molecule has 0 aliphatic rings. The highest BCUT2D eigenvalue weighted by atomic mass is 16.6. The largest absolute Gasteiger partial charge is 0.297 e. The molecule has 0 saturated carbocycles. The van der Waals surface area contributed by atoms with Crippen molar-refractivity contribution < 1.29 is 9.85 Å². The van der Waals surface area contributed by atoms with Crippen molar-refractivity contribution in [3.63, 3.8) is 0 Å². The third kappa shape index (κ3) is 1.70. The number of fused-ring (bicyclic) bond motifs is 2. The van der Waals surface area contributed by atoms with Gasteiger partial charge < -0.3 is 0 Å². The second-order valence-electron chi connectivity index (χ2n) is 4.03. The number of non-ortho nitro benzene ring substituents is 2. The number of nitrogens with zero attached hydrogens (tertiary/aromatic N) is 4. The van der Waals surface area contributed by atoms with Gasteiger partial charge in [0.25, 0.3) is 11.4 Å². The number of rotatable bonds is 2. The summed E-state index contributed by atoms with van der Waals surface area (Å²) in [4.78, 5) is 29.1. The monoisotopic (exact) mass is 270 g/mol. The fourth-order valence-corrected chi connectivity index (χ4v) is 1.98. The van der Waals surface area contributed by atoms with Gasteiger partial charge in [-0.15, -0.1) is 0 Å². The second kappa shape index (κ2) is 4.19. The summed E-state index contributed by atoms with van der Waals surface area (Å²) < 4.78 is 0. The predicted molar refractivity (Wildman–Crippen MR) is 70.4 cm³/mol. The van der Waals surface area contributed by atoms with E-state index in [1.165, 1.54) is 36.4 Å². The van der Waals surface area contributed by atoms with Crippen LogP contribution in [0, 0.1) is 20.2 Å². The van der Waals surface area contributed by atoms with Gasteiger partial charge in [-0.1, -0.05) is 12.1 Å². The molecule has 1 heterocycles. The Hall–Kier alpha value is -3.16. The van der Waals surface area contributed by atoms with Crippen LogP contribution in [0.3, 0.4) is 0 Å². The molecule has 20 heavy (non-hydrogen) atoms. The molecule has 0 saturated heterocycles. The molecule has 0 aliphatic heterocycles. The Morgan fingerprint density at radius 3 is 1.50 bits per heavy atom. The van der Waals surface area contributed by atoms with Gasteiger partial charge in [-0.25, -0.2) is 9.97 Å². The van der Waals surface area contributed by atoms with Crippen LogP contribution in [0.15, 0.2) is 36.4 Å². The van der Waals surface area contributed by atoms with Crippen LogP contribution in [0.1, 0.15) is 0 Å². The molecule has 0 fully saturated rings. The van der Waals surface area contributed by atoms with Crippen molar-refractivity contribution in [1.82, 2.24) is 9.97 Å². The summed E-state index contributed by atoms with van der Waals surface area (Å²) in [5, 5.41) is 21.9. The topological polar surface area (TPSA) is 112 Å². The summed E-state index contributed by atoms with van der Waals surface area (Å²) in [5.41, 5.74) is 0.379. The minimum absolute atomic E-state index is 0.116. The third-order valence-corrected chi connectivity index (χ3v) is 2.84. The molecular weight excluding hydrogens is 264 g/mol. The van der Waals surface area contributed by atoms with Crippen molar-refractivity contribution in [3.05, 3.63) is 56.6 Å². The molecule has 1 aromatic heterocycles. The molecule has 0 radical (unpaired) electrons. The van der Waals surface area contributed by atoms with E-state index in [0.29, 0.717) is 0 Å². The standard InChI is InChI=1S/C12H6N4O4/c17-15(18)9-5-1-3-7-11(9)14-8-4-2-6-10(16(19)20)12(8)13-7/h1-6H. The zero-order valence-corrected chi connectivity index (χ0v) is 9.89. The van der Waals surface area contributed by atoms with E-state index >= 15 is 0 Å². The van der Waals surface area contributed by atoms with Gasteiger partial charge in [0.1, 0.15) is 0 Å². The van der Waals surface area contributed by atoms with Crippen LogP contribution in [0.2, 0.25) is 0 Å². The molecule has 2 aromatic carbocycles. The molecule has 0 bridgehead atoms. The van der Waals surface area contributed by atoms with Gasteiger partial charge >= 0.3 is 0 Å². The maximum Gasteiger partial charge on any atom is 0.297 e. The molecule has 3 rings (SSSR count). The number of para-hydroxylation sites is 2. The first kappa shape index (κ1) is 11.9. The van der Waals surface area contributed by atoms with Gasteiger partial charge in [0.2, 0.25) is 0 Å². The first-order valence-corrected chi connectivity index (χ1v) is 5.56. The van der Waals surface area contributed by atoms with E-state index in [4.69, 9.17) is 0 Å². The minimum atomic E-state index is -0.555. The van der Waals surface area contributed by atoms with Crippen LogP contribution in [-0.4, -0.2) is 19.8 Å². The fourth-order valence-electron chi connectivity index (χ4n) is 1.98. The summed E-state index contributed by atoms with van der Waals surface area (Å²) in [5.74, 6) is 0. The van der Waals surface area contributed by atoms with E-state index < -0.39 is 9.85 Å². The number of nitro benzene ring substituents is 2. The third-order valence-electron chi connectivity index (χ3n) is 2.84. The molecule has 0 aliphatic carbocycles. The highest BCUT2D eigenvalue weighted by Crippen LogP contribution is 2.28. The van der Waals surface area contributed by atoms with Crippen molar-refractivity contribution >= 4 is 33.4 Å². The van der Waals surface area contributed by atoms with Gasteiger partial charge in [0, 0.05) is 12.1 Å². The highest BCUT2D eigenvalue weighted by molar-refractivity contribution is 5.94. The zero-order valence-electron chi connectivity index (χ0n) is 9.89. The van der Waals surface area contributed by atoms with Crippen LogP contribution >= 0.6 is 0 Å². The van der Waals surface area contributed by atoms with Gasteiger partial charge in [-0.05, 0) is 12.1 Å². The van der Waals surface area contributed by atoms with E-state index in [1.807, 2.05) is 0 Å². The Morgan fingerprint density at radius 2 is 1.15 bits per heavy atom. The zero-order chi connectivity index (χ0) is 14.3. The summed E-state index contributed by atoms with van der Waals surface area (Å²) in [6, 6.07) is 8.64. The van der Waals surface area contributed by atoms with Crippen LogP contribution in [0.5, 0.6) is 0 Å². The van der Waals surface area contributed by atoms with Crippen molar-refractivity contribution in [3.8, 4) is 0 Å². The maximum absolute atomic E-state index is 11.0. The highest BCUT2D eigenvalue weighted by Gasteiger charge is 2.18. The number of benzene rings is 2.